The summed E-state index contributed by atoms with van der Waals surface area (Å²) in [5.41, 5.74) is 1.42. The fourth-order valence-corrected chi connectivity index (χ4v) is 3.15. The summed E-state index contributed by atoms with van der Waals surface area (Å²) in [7, 11) is 3.62. The maximum atomic E-state index is 12.5. The van der Waals surface area contributed by atoms with Crippen molar-refractivity contribution in [1.82, 2.24) is 20.2 Å². The summed E-state index contributed by atoms with van der Waals surface area (Å²) in [5, 5.41) is 11.2. The first kappa shape index (κ1) is 15.3. The van der Waals surface area contributed by atoms with Gasteiger partial charge in [0.05, 0.1) is 15.8 Å². The van der Waals surface area contributed by atoms with Gasteiger partial charge in [0.1, 0.15) is 5.82 Å². The molecule has 0 aliphatic rings. The summed E-state index contributed by atoms with van der Waals surface area (Å²) in [6.07, 6.45) is 1.70. The van der Waals surface area contributed by atoms with Crippen LogP contribution in [0.3, 0.4) is 0 Å². The van der Waals surface area contributed by atoms with Crippen molar-refractivity contribution in [3.8, 4) is 11.5 Å². The highest BCUT2D eigenvalue weighted by molar-refractivity contribution is 7.20. The first-order valence-electron chi connectivity index (χ1n) is 7.47. The Morgan fingerprint density at radius 3 is 2.84 bits per heavy atom. The molecule has 0 unspecified atom stereocenters. The van der Waals surface area contributed by atoms with Crippen LogP contribution in [0.15, 0.2) is 40.9 Å². The number of anilines is 2. The molecule has 0 atom stereocenters. The van der Waals surface area contributed by atoms with Crippen molar-refractivity contribution in [2.45, 2.75) is 0 Å². The lowest BCUT2D eigenvalue weighted by atomic mass is 10.3. The molecular weight excluding hydrogens is 340 g/mol. The van der Waals surface area contributed by atoms with Gasteiger partial charge >= 0.3 is 6.01 Å². The van der Waals surface area contributed by atoms with Crippen LogP contribution in [0.5, 0.6) is 0 Å². The maximum Gasteiger partial charge on any atom is 0.317 e. The molecule has 0 bridgehead atoms. The van der Waals surface area contributed by atoms with Gasteiger partial charge in [-0.15, -0.1) is 16.4 Å². The van der Waals surface area contributed by atoms with Crippen LogP contribution in [0.1, 0.15) is 9.80 Å². The number of aromatic amines is 1. The highest BCUT2D eigenvalue weighted by Crippen LogP contribution is 2.28. The summed E-state index contributed by atoms with van der Waals surface area (Å²) in [5.74, 6) is 0.514. The fourth-order valence-electron chi connectivity index (χ4n) is 2.29. The minimum absolute atomic E-state index is 0.294. The topological polar surface area (TPSA) is 99.9 Å². The number of amides is 1. The minimum Gasteiger partial charge on any atom is -0.403 e. The van der Waals surface area contributed by atoms with Crippen LogP contribution in [0.25, 0.3) is 21.7 Å². The SMILES string of the molecule is CN(C)c1nnc(-c2cc[nH]c2NC(=O)c2nc3ccccc3s2)o1. The Labute approximate surface area is 146 Å². The molecule has 0 radical (unpaired) electrons. The van der Waals surface area contributed by atoms with E-state index in [0.29, 0.717) is 28.3 Å². The molecule has 0 aliphatic carbocycles. The largest absolute Gasteiger partial charge is 0.403 e. The molecule has 0 fully saturated rings. The van der Waals surface area contributed by atoms with Gasteiger partial charge < -0.3 is 19.6 Å². The van der Waals surface area contributed by atoms with E-state index < -0.39 is 0 Å². The molecule has 3 heterocycles. The lowest BCUT2D eigenvalue weighted by Crippen LogP contribution is -2.12. The molecule has 0 saturated heterocycles. The van der Waals surface area contributed by atoms with Crippen LogP contribution >= 0.6 is 11.3 Å². The fraction of sp³-hybridized carbons (Fsp3) is 0.125. The zero-order valence-electron chi connectivity index (χ0n) is 13.5. The van der Waals surface area contributed by atoms with Gasteiger partial charge in [-0.3, -0.25) is 4.79 Å². The first-order valence-corrected chi connectivity index (χ1v) is 8.29. The molecule has 4 aromatic rings. The minimum atomic E-state index is -0.294. The normalized spacial score (nSPS) is 11.0. The van der Waals surface area contributed by atoms with Crippen molar-refractivity contribution < 1.29 is 9.21 Å². The number of benzene rings is 1. The summed E-state index contributed by atoms with van der Waals surface area (Å²) in [6, 6.07) is 9.78. The number of rotatable bonds is 4. The van der Waals surface area contributed by atoms with Gasteiger partial charge in [-0.1, -0.05) is 17.2 Å². The molecule has 8 nitrogen and oxygen atoms in total. The van der Waals surface area contributed by atoms with Gasteiger partial charge in [0.25, 0.3) is 11.8 Å². The number of carbonyl (C=O) groups excluding carboxylic acids is 1. The number of nitrogens with one attached hydrogen (secondary N) is 2. The quantitative estimate of drug-likeness (QED) is 0.584. The molecule has 3 aromatic heterocycles. The van der Waals surface area contributed by atoms with Gasteiger partial charge in [-0.05, 0) is 18.2 Å². The number of thiazole rings is 1. The van der Waals surface area contributed by atoms with Crippen LogP contribution in [0.2, 0.25) is 0 Å². The van der Waals surface area contributed by atoms with Gasteiger partial charge in [0.15, 0.2) is 5.01 Å². The number of para-hydroxylation sites is 1. The van der Waals surface area contributed by atoms with Crippen LogP contribution in [0, 0.1) is 0 Å². The molecular formula is C16H14N6O2S. The first-order chi connectivity index (χ1) is 12.1. The van der Waals surface area contributed by atoms with Crippen molar-refractivity contribution in [3.63, 3.8) is 0 Å². The Bertz CT molecular complexity index is 1010. The standard InChI is InChI=1S/C16H14N6O2S/c1-22(2)16-21-20-14(24-16)9-7-8-17-12(9)19-13(23)15-18-10-5-3-4-6-11(10)25-15/h3-8,17H,1-2H3,(H,19,23). The number of nitrogens with zero attached hydrogens (tertiary/aromatic N) is 4. The Morgan fingerprint density at radius 1 is 1.24 bits per heavy atom. The van der Waals surface area contributed by atoms with Crippen LogP contribution in [-0.4, -0.2) is 40.2 Å². The monoisotopic (exact) mass is 354 g/mol. The highest BCUT2D eigenvalue weighted by atomic mass is 32.1. The van der Waals surface area contributed by atoms with Gasteiger partial charge in [-0.25, -0.2) is 4.98 Å². The summed E-state index contributed by atoms with van der Waals surface area (Å²) < 4.78 is 6.55. The molecule has 4 rings (SSSR count). The van der Waals surface area contributed by atoms with Crippen LogP contribution in [0.4, 0.5) is 11.8 Å². The second kappa shape index (κ2) is 6.02. The van der Waals surface area contributed by atoms with Crippen molar-refractivity contribution >= 4 is 39.3 Å². The van der Waals surface area contributed by atoms with E-state index in [1.54, 1.807) is 17.2 Å². The Morgan fingerprint density at radius 2 is 2.08 bits per heavy atom. The predicted molar refractivity (Wildman–Crippen MR) is 96.0 cm³/mol. The number of carbonyl (C=O) groups is 1. The van der Waals surface area contributed by atoms with E-state index in [9.17, 15) is 4.79 Å². The van der Waals surface area contributed by atoms with E-state index in [-0.39, 0.29) is 5.91 Å². The molecule has 25 heavy (non-hydrogen) atoms. The summed E-state index contributed by atoms with van der Waals surface area (Å²) in [4.78, 5) is 21.6. The van der Waals surface area contributed by atoms with E-state index in [4.69, 9.17) is 4.42 Å². The van der Waals surface area contributed by atoms with Crippen molar-refractivity contribution in [1.29, 1.82) is 0 Å². The number of aromatic nitrogens is 4. The molecule has 1 amide bonds. The van der Waals surface area contributed by atoms with Gasteiger partial charge in [-0.2, -0.15) is 0 Å². The van der Waals surface area contributed by atoms with E-state index in [2.05, 4.69) is 25.5 Å². The molecule has 1 aromatic carbocycles. The van der Waals surface area contributed by atoms with E-state index in [1.165, 1.54) is 11.3 Å². The molecule has 0 saturated carbocycles. The Kier molecular flexibility index (Phi) is 3.69. The lowest BCUT2D eigenvalue weighted by molar-refractivity contribution is 0.102. The third-order valence-corrected chi connectivity index (χ3v) is 4.54. The number of fused-ring (bicyclic) bond motifs is 1. The molecule has 9 heteroatoms. The smallest absolute Gasteiger partial charge is 0.317 e. The highest BCUT2D eigenvalue weighted by Gasteiger charge is 2.18. The molecule has 0 aliphatic heterocycles. The average molecular weight is 354 g/mol. The number of H-pyrrole nitrogens is 1. The molecule has 2 N–H and O–H groups in total. The number of hydrogen-bond acceptors (Lipinski definition) is 7. The summed E-state index contributed by atoms with van der Waals surface area (Å²) >= 11 is 1.34. The predicted octanol–water partition coefficient (Wildman–Crippen LogP) is 2.99. The van der Waals surface area contributed by atoms with E-state index in [0.717, 1.165) is 10.2 Å². The average Bonchev–Trinajstić information content (AvgIpc) is 3.32. The molecule has 126 valence electrons. The second-order valence-electron chi connectivity index (χ2n) is 5.49. The lowest BCUT2D eigenvalue weighted by Gasteiger charge is -2.04. The Balaban J connectivity index is 1.60. The van der Waals surface area contributed by atoms with Crippen molar-refractivity contribution in [2.75, 3.05) is 24.3 Å². The van der Waals surface area contributed by atoms with Crippen molar-refractivity contribution in [3.05, 3.63) is 41.5 Å². The zero-order chi connectivity index (χ0) is 17.4. The van der Waals surface area contributed by atoms with E-state index >= 15 is 0 Å². The third-order valence-electron chi connectivity index (χ3n) is 3.50. The van der Waals surface area contributed by atoms with E-state index in [1.807, 2.05) is 38.4 Å². The number of hydrogen-bond donors (Lipinski definition) is 2. The summed E-state index contributed by atoms with van der Waals surface area (Å²) in [6.45, 7) is 0. The maximum absolute atomic E-state index is 12.5. The van der Waals surface area contributed by atoms with Gasteiger partial charge in [0, 0.05) is 20.3 Å². The molecule has 0 spiro atoms. The van der Waals surface area contributed by atoms with Crippen molar-refractivity contribution in [2.24, 2.45) is 0 Å². The van der Waals surface area contributed by atoms with Crippen LogP contribution in [-0.2, 0) is 0 Å². The van der Waals surface area contributed by atoms with Gasteiger partial charge in [0.2, 0.25) is 0 Å². The zero-order valence-corrected chi connectivity index (χ0v) is 14.3. The Hall–Kier alpha value is -3.20. The van der Waals surface area contributed by atoms with Crippen LogP contribution < -0.4 is 10.2 Å². The third kappa shape index (κ3) is 2.85. The second-order valence-corrected chi connectivity index (χ2v) is 6.52.